The van der Waals surface area contributed by atoms with Crippen LogP contribution in [0.1, 0.15) is 29.4 Å². The number of rotatable bonds is 5. The van der Waals surface area contributed by atoms with Gasteiger partial charge in [0.25, 0.3) is 0 Å². The van der Waals surface area contributed by atoms with Crippen LogP contribution in [0, 0.1) is 18.6 Å². The number of aliphatic hydroxyl groups is 3. The summed E-state index contributed by atoms with van der Waals surface area (Å²) in [4.78, 5) is 4.16. The lowest BCUT2D eigenvalue weighted by molar-refractivity contribution is -0.210. The minimum atomic E-state index is -4.82. The van der Waals surface area contributed by atoms with Gasteiger partial charge in [0.2, 0.25) is 0 Å². The van der Waals surface area contributed by atoms with Crippen LogP contribution in [-0.4, -0.2) is 70.0 Å². The van der Waals surface area contributed by atoms with Gasteiger partial charge in [0.1, 0.15) is 42.0 Å². The first-order valence-corrected chi connectivity index (χ1v) is 12.6. The first-order chi connectivity index (χ1) is 19.3. The first kappa shape index (κ1) is 29.3. The highest BCUT2D eigenvalue weighted by molar-refractivity contribution is 6.31. The number of nitrogens with zero attached hydrogens (tertiary/aromatic N) is 6. The molecule has 0 bridgehead atoms. The molecule has 1 aliphatic rings. The molecule has 0 saturated carbocycles. The number of aryl methyl sites for hydroxylation is 1. The smallest absolute Gasteiger partial charge is 0.394 e. The average molecular weight is 621 g/mol. The van der Waals surface area contributed by atoms with Gasteiger partial charge in [0.05, 0.1) is 29.1 Å². The lowest BCUT2D eigenvalue weighted by atomic mass is 9.92. The third-order valence-electron chi connectivity index (χ3n) is 6.51. The van der Waals surface area contributed by atoms with Gasteiger partial charge in [0, 0.05) is 10.6 Å². The van der Waals surface area contributed by atoms with Crippen molar-refractivity contribution < 1.29 is 42.0 Å². The Morgan fingerprint density at radius 1 is 1.05 bits per heavy atom. The highest BCUT2D eigenvalue weighted by atomic mass is 35.5. The molecule has 2 aromatic heterocycles. The van der Waals surface area contributed by atoms with Crippen LogP contribution >= 0.6 is 23.2 Å². The van der Waals surface area contributed by atoms with Crippen LogP contribution in [0.2, 0.25) is 10.0 Å². The van der Waals surface area contributed by atoms with Crippen LogP contribution in [0.5, 0.6) is 0 Å². The van der Waals surface area contributed by atoms with E-state index >= 15 is 0 Å². The van der Waals surface area contributed by atoms with Gasteiger partial charge in [-0.3, -0.25) is 0 Å². The van der Waals surface area contributed by atoms with Crippen molar-refractivity contribution in [2.75, 3.05) is 6.61 Å². The Morgan fingerprint density at radius 2 is 1.78 bits per heavy atom. The second-order valence-corrected chi connectivity index (χ2v) is 9.99. The Balaban J connectivity index is 1.59. The summed E-state index contributed by atoms with van der Waals surface area (Å²) < 4.78 is 77.6. The summed E-state index contributed by atoms with van der Waals surface area (Å²) in [7, 11) is 0. The summed E-state index contributed by atoms with van der Waals surface area (Å²) in [5, 5.41) is 43.4. The van der Waals surface area contributed by atoms with Crippen LogP contribution in [0.4, 0.5) is 22.0 Å². The molecule has 17 heteroatoms. The van der Waals surface area contributed by atoms with Crippen molar-refractivity contribution in [2.45, 2.75) is 43.6 Å². The number of alkyl halides is 3. The zero-order chi connectivity index (χ0) is 29.8. The molecule has 10 nitrogen and oxygen atoms in total. The second kappa shape index (κ2) is 10.9. The molecule has 1 saturated heterocycles. The predicted molar refractivity (Wildman–Crippen MR) is 132 cm³/mol. The Hall–Kier alpha value is -3.21. The van der Waals surface area contributed by atoms with Crippen molar-refractivity contribution in [3.05, 3.63) is 75.4 Å². The molecule has 0 aliphatic carbocycles. The summed E-state index contributed by atoms with van der Waals surface area (Å²) in [6.45, 7) is 0.615. The zero-order valence-corrected chi connectivity index (χ0v) is 22.1. The molecule has 5 rings (SSSR count). The molecule has 3 N–H and O–H groups in total. The molecule has 3 heterocycles. The zero-order valence-electron chi connectivity index (χ0n) is 20.6. The van der Waals surface area contributed by atoms with Gasteiger partial charge in [-0.05, 0) is 37.3 Å². The van der Waals surface area contributed by atoms with E-state index in [2.05, 4.69) is 20.4 Å². The lowest BCUT2D eigenvalue weighted by Gasteiger charge is -2.41. The molecule has 5 atom stereocenters. The SMILES string of the molecule is Cc1nc([C@@H]2O[C@H](CO)[C@H](O)[C@H](n3cc(-c4ccc(Cl)c(F)c4F)nn3)[C@H]2O)n(-c2cc(Cl)ccc2C(F)(F)F)n1. The summed E-state index contributed by atoms with van der Waals surface area (Å²) >= 11 is 11.6. The van der Waals surface area contributed by atoms with Crippen molar-refractivity contribution in [2.24, 2.45) is 0 Å². The molecule has 41 heavy (non-hydrogen) atoms. The fourth-order valence-electron chi connectivity index (χ4n) is 4.61. The molecule has 1 aliphatic heterocycles. The maximum atomic E-state index is 14.5. The van der Waals surface area contributed by atoms with Crippen LogP contribution in [0.25, 0.3) is 16.9 Å². The molecule has 4 aromatic rings. The van der Waals surface area contributed by atoms with Crippen LogP contribution in [-0.2, 0) is 10.9 Å². The lowest BCUT2D eigenvalue weighted by Crippen LogP contribution is -2.53. The van der Waals surface area contributed by atoms with Crippen LogP contribution in [0.3, 0.4) is 0 Å². The van der Waals surface area contributed by atoms with Crippen molar-refractivity contribution in [1.82, 2.24) is 29.8 Å². The largest absolute Gasteiger partial charge is 0.418 e. The first-order valence-electron chi connectivity index (χ1n) is 11.8. The monoisotopic (exact) mass is 620 g/mol. The molecule has 0 spiro atoms. The van der Waals surface area contributed by atoms with Crippen molar-refractivity contribution >= 4 is 23.2 Å². The summed E-state index contributed by atoms with van der Waals surface area (Å²) in [5.41, 5.74) is -2.12. The molecule has 2 aromatic carbocycles. The van der Waals surface area contributed by atoms with Crippen molar-refractivity contribution in [3.63, 3.8) is 0 Å². The van der Waals surface area contributed by atoms with E-state index in [1.54, 1.807) is 0 Å². The average Bonchev–Trinajstić information content (AvgIpc) is 3.54. The Morgan fingerprint density at radius 3 is 2.46 bits per heavy atom. The molecule has 0 radical (unpaired) electrons. The summed E-state index contributed by atoms with van der Waals surface area (Å²) in [6.07, 6.45) is -10.1. The van der Waals surface area contributed by atoms with Gasteiger partial charge in [-0.1, -0.05) is 28.4 Å². The third kappa shape index (κ3) is 5.29. The van der Waals surface area contributed by atoms with E-state index in [-0.39, 0.29) is 27.9 Å². The van der Waals surface area contributed by atoms with Crippen LogP contribution in [0.15, 0.2) is 36.5 Å². The molecular formula is C24H19Cl2F5N6O4. The van der Waals surface area contributed by atoms with E-state index in [4.69, 9.17) is 27.9 Å². The number of aliphatic hydroxyl groups excluding tert-OH is 3. The standard InChI is InChI=1S/C24H19Cl2F5N6O4/c1-9-32-23(37(34-9)15-6-10(25)2-4-12(15)24(29,30)31)22-21(40)19(20(39)16(8-38)41-22)36-7-14(33-35-36)11-3-5-13(26)18(28)17(11)27/h2-7,16,19-22,38-40H,8H2,1H3/t16-,19+,20+,21-,22-/m1/s1. The Bertz CT molecular complexity index is 1600. The van der Waals surface area contributed by atoms with E-state index in [0.29, 0.717) is 0 Å². The molecule has 0 unspecified atom stereocenters. The minimum absolute atomic E-state index is 0.00963. The number of benzene rings is 2. The fourth-order valence-corrected chi connectivity index (χ4v) is 4.92. The number of hydrogen-bond acceptors (Lipinski definition) is 8. The second-order valence-electron chi connectivity index (χ2n) is 9.14. The van der Waals surface area contributed by atoms with Crippen molar-refractivity contribution in [1.29, 1.82) is 0 Å². The fraction of sp³-hybridized carbons (Fsp3) is 0.333. The Kier molecular flexibility index (Phi) is 7.78. The summed E-state index contributed by atoms with van der Waals surface area (Å²) in [6, 6.07) is 3.63. The molecular weight excluding hydrogens is 602 g/mol. The van der Waals surface area contributed by atoms with Gasteiger partial charge < -0.3 is 20.1 Å². The van der Waals surface area contributed by atoms with E-state index in [1.165, 1.54) is 6.92 Å². The highest BCUT2D eigenvalue weighted by Gasteiger charge is 2.49. The maximum absolute atomic E-state index is 14.5. The number of hydrogen-bond donors (Lipinski definition) is 3. The number of halogens is 7. The van der Waals surface area contributed by atoms with Gasteiger partial charge in [-0.15, -0.1) is 5.10 Å². The third-order valence-corrected chi connectivity index (χ3v) is 7.03. The number of aromatic nitrogens is 6. The number of ether oxygens (including phenoxy) is 1. The van der Waals surface area contributed by atoms with Crippen molar-refractivity contribution in [3.8, 4) is 16.9 Å². The molecule has 1 fully saturated rings. The predicted octanol–water partition coefficient (Wildman–Crippen LogP) is 3.83. The van der Waals surface area contributed by atoms with E-state index < -0.39 is 71.1 Å². The van der Waals surface area contributed by atoms with Gasteiger partial charge in [-0.25, -0.2) is 23.1 Å². The molecule has 218 valence electrons. The van der Waals surface area contributed by atoms with Gasteiger partial charge in [0.15, 0.2) is 17.5 Å². The normalized spacial score (nSPS) is 23.2. The molecule has 0 amide bonds. The minimum Gasteiger partial charge on any atom is -0.394 e. The summed E-state index contributed by atoms with van der Waals surface area (Å²) in [5.74, 6) is -2.92. The van der Waals surface area contributed by atoms with E-state index in [1.807, 2.05) is 0 Å². The van der Waals surface area contributed by atoms with E-state index in [0.717, 1.165) is 45.9 Å². The van der Waals surface area contributed by atoms with Gasteiger partial charge in [-0.2, -0.15) is 18.3 Å². The topological polar surface area (TPSA) is 131 Å². The van der Waals surface area contributed by atoms with Crippen LogP contribution < -0.4 is 0 Å². The van der Waals surface area contributed by atoms with Gasteiger partial charge >= 0.3 is 6.18 Å². The Labute approximate surface area is 237 Å². The van der Waals surface area contributed by atoms with E-state index in [9.17, 15) is 37.3 Å². The quantitative estimate of drug-likeness (QED) is 0.227. The maximum Gasteiger partial charge on any atom is 0.418 e. The highest BCUT2D eigenvalue weighted by Crippen LogP contribution is 2.41.